The van der Waals surface area contributed by atoms with Crippen LogP contribution in [0.1, 0.15) is 76.3 Å². The van der Waals surface area contributed by atoms with Crippen LogP contribution in [0.3, 0.4) is 0 Å². The lowest BCUT2D eigenvalue weighted by Crippen LogP contribution is -2.30. The third-order valence-electron chi connectivity index (χ3n) is 7.23. The number of fused-ring (bicyclic) bond motifs is 1. The van der Waals surface area contributed by atoms with Gasteiger partial charge in [-0.3, -0.25) is 4.57 Å². The van der Waals surface area contributed by atoms with Gasteiger partial charge >= 0.3 is 5.69 Å². The first kappa shape index (κ1) is 20.6. The van der Waals surface area contributed by atoms with Crippen molar-refractivity contribution in [3.63, 3.8) is 0 Å². The summed E-state index contributed by atoms with van der Waals surface area (Å²) in [5.74, 6) is 2.15. The van der Waals surface area contributed by atoms with Gasteiger partial charge in [0.25, 0.3) is 0 Å². The van der Waals surface area contributed by atoms with E-state index in [0.29, 0.717) is 11.1 Å². The van der Waals surface area contributed by atoms with Crippen LogP contribution in [-0.4, -0.2) is 22.8 Å². The number of aryl methyl sites for hydroxylation is 1. The first-order valence-electron chi connectivity index (χ1n) is 11.5. The van der Waals surface area contributed by atoms with E-state index in [9.17, 15) is 9.18 Å². The highest BCUT2D eigenvalue weighted by Crippen LogP contribution is 2.41. The van der Waals surface area contributed by atoms with Crippen LogP contribution >= 0.6 is 0 Å². The van der Waals surface area contributed by atoms with Gasteiger partial charge in [0.15, 0.2) is 0 Å². The van der Waals surface area contributed by atoms with Crippen molar-refractivity contribution in [2.24, 2.45) is 17.8 Å². The second-order valence-corrected chi connectivity index (χ2v) is 9.40. The Morgan fingerprint density at radius 1 is 1.10 bits per heavy atom. The molecule has 4 rings (SSSR count). The third kappa shape index (κ3) is 4.60. The van der Waals surface area contributed by atoms with Crippen molar-refractivity contribution in [1.29, 1.82) is 0 Å². The molecule has 1 aromatic heterocycles. The maximum Gasteiger partial charge on any atom is 0.326 e. The summed E-state index contributed by atoms with van der Waals surface area (Å²) in [6.45, 7) is 5.59. The van der Waals surface area contributed by atoms with Gasteiger partial charge in [0.2, 0.25) is 0 Å². The molecule has 2 aliphatic rings. The zero-order valence-corrected chi connectivity index (χ0v) is 17.9. The largest absolute Gasteiger partial charge is 0.381 e. The highest BCUT2D eigenvalue weighted by Gasteiger charge is 2.31. The average Bonchev–Trinajstić information content (AvgIpc) is 2.94. The number of hydrogen-bond acceptors (Lipinski definition) is 2. The maximum absolute atomic E-state index is 13.9. The van der Waals surface area contributed by atoms with Gasteiger partial charge in [0, 0.05) is 19.3 Å². The minimum atomic E-state index is -0.258. The molecule has 2 saturated carbocycles. The molecule has 5 heteroatoms. The Bertz CT molecular complexity index is 881. The molecule has 0 bridgehead atoms. The zero-order valence-electron chi connectivity index (χ0n) is 17.9. The molecule has 4 nitrogen and oxygen atoms in total. The Hall–Kier alpha value is -1.62. The molecule has 0 spiro atoms. The van der Waals surface area contributed by atoms with Crippen LogP contribution in [0.4, 0.5) is 4.39 Å². The lowest BCUT2D eigenvalue weighted by molar-refractivity contribution is 0.0398. The van der Waals surface area contributed by atoms with E-state index < -0.39 is 0 Å². The molecule has 160 valence electrons. The predicted molar refractivity (Wildman–Crippen MR) is 115 cm³/mol. The van der Waals surface area contributed by atoms with E-state index in [-0.39, 0.29) is 17.5 Å². The summed E-state index contributed by atoms with van der Waals surface area (Å²) in [6, 6.07) is 3.51. The van der Waals surface area contributed by atoms with Crippen LogP contribution < -0.4 is 5.69 Å². The average molecular weight is 403 g/mol. The molecule has 0 aliphatic heterocycles. The second kappa shape index (κ2) is 9.03. The Balaban J connectivity index is 1.41. The zero-order chi connectivity index (χ0) is 20.4. The number of benzene rings is 1. The third-order valence-corrected chi connectivity index (χ3v) is 7.23. The van der Waals surface area contributed by atoms with Gasteiger partial charge in [-0.05, 0) is 87.8 Å². The standard InChI is InChI=1S/C24H35FN2O2/c1-3-29-15-19-12-18(13-19)11-17-6-4-5-7-20(9-8-17)27-23-10-16(2)21(25)14-22(23)26-24(27)28/h10,14,17-20H,3-9,11-13,15H2,1-2H3,(H,26,28). The fourth-order valence-corrected chi connectivity index (χ4v) is 5.59. The number of H-pyrrole nitrogens is 1. The van der Waals surface area contributed by atoms with Gasteiger partial charge in [-0.25, -0.2) is 9.18 Å². The van der Waals surface area contributed by atoms with E-state index in [0.717, 1.165) is 55.7 Å². The molecule has 0 radical (unpaired) electrons. The molecular formula is C24H35FN2O2. The molecule has 1 N–H and O–H groups in total. The van der Waals surface area contributed by atoms with Crippen molar-refractivity contribution < 1.29 is 9.13 Å². The SMILES string of the molecule is CCOCC1CC(CC2CCCCC(n3c(=O)[nH]c4cc(F)c(C)cc43)CC2)C1. The van der Waals surface area contributed by atoms with Crippen molar-refractivity contribution >= 4 is 11.0 Å². The molecule has 1 aromatic carbocycles. The van der Waals surface area contributed by atoms with Crippen molar-refractivity contribution in [1.82, 2.24) is 9.55 Å². The van der Waals surface area contributed by atoms with E-state index in [4.69, 9.17) is 4.74 Å². The maximum atomic E-state index is 13.9. The first-order chi connectivity index (χ1) is 14.0. The molecule has 2 atom stereocenters. The molecule has 2 aliphatic carbocycles. The smallest absolute Gasteiger partial charge is 0.326 e. The predicted octanol–water partition coefficient (Wildman–Crippen LogP) is 5.74. The van der Waals surface area contributed by atoms with Gasteiger partial charge in [-0.1, -0.05) is 19.3 Å². The second-order valence-electron chi connectivity index (χ2n) is 9.40. The number of rotatable bonds is 6. The number of aromatic amines is 1. The van der Waals surface area contributed by atoms with E-state index in [2.05, 4.69) is 11.9 Å². The number of halogens is 1. The summed E-state index contributed by atoms with van der Waals surface area (Å²) in [6.07, 6.45) is 11.0. The number of ether oxygens (including phenoxy) is 1. The number of nitrogens with zero attached hydrogens (tertiary/aromatic N) is 1. The summed E-state index contributed by atoms with van der Waals surface area (Å²) in [5, 5.41) is 0. The van der Waals surface area contributed by atoms with Crippen molar-refractivity contribution in [3.8, 4) is 0 Å². The number of nitrogens with one attached hydrogen (secondary N) is 1. The van der Waals surface area contributed by atoms with Gasteiger partial charge in [-0.2, -0.15) is 0 Å². The highest BCUT2D eigenvalue weighted by molar-refractivity contribution is 5.76. The normalized spacial score (nSPS) is 28.1. The minimum absolute atomic E-state index is 0.0927. The number of hydrogen-bond donors (Lipinski definition) is 1. The Morgan fingerprint density at radius 2 is 1.90 bits per heavy atom. The van der Waals surface area contributed by atoms with Crippen LogP contribution in [-0.2, 0) is 4.74 Å². The highest BCUT2D eigenvalue weighted by atomic mass is 19.1. The van der Waals surface area contributed by atoms with Gasteiger partial charge in [0.05, 0.1) is 11.0 Å². The minimum Gasteiger partial charge on any atom is -0.381 e. The molecular weight excluding hydrogens is 367 g/mol. The topological polar surface area (TPSA) is 47.0 Å². The van der Waals surface area contributed by atoms with E-state index in [1.165, 1.54) is 44.6 Å². The summed E-state index contributed by atoms with van der Waals surface area (Å²) >= 11 is 0. The fourth-order valence-electron chi connectivity index (χ4n) is 5.59. The molecule has 2 unspecified atom stereocenters. The summed E-state index contributed by atoms with van der Waals surface area (Å²) < 4.78 is 21.4. The fraction of sp³-hybridized carbons (Fsp3) is 0.708. The lowest BCUT2D eigenvalue weighted by Gasteiger charge is -2.38. The molecule has 29 heavy (non-hydrogen) atoms. The summed E-state index contributed by atoms with van der Waals surface area (Å²) in [5.41, 5.74) is 1.98. The van der Waals surface area contributed by atoms with Crippen LogP contribution in [0.5, 0.6) is 0 Å². The molecule has 2 fully saturated rings. The van der Waals surface area contributed by atoms with Crippen LogP contribution in [0, 0.1) is 30.5 Å². The number of imidazole rings is 1. The molecule has 2 aromatic rings. The van der Waals surface area contributed by atoms with Crippen LogP contribution in [0.15, 0.2) is 16.9 Å². The molecule has 0 saturated heterocycles. The van der Waals surface area contributed by atoms with Gasteiger partial charge in [0.1, 0.15) is 5.82 Å². The monoisotopic (exact) mass is 402 g/mol. The Kier molecular flexibility index (Phi) is 6.43. The van der Waals surface area contributed by atoms with Gasteiger partial charge in [-0.15, -0.1) is 0 Å². The first-order valence-corrected chi connectivity index (χ1v) is 11.5. The quantitative estimate of drug-likeness (QED) is 0.669. The van der Waals surface area contributed by atoms with Crippen molar-refractivity contribution in [3.05, 3.63) is 34.0 Å². The Labute approximate surface area is 172 Å². The van der Waals surface area contributed by atoms with Crippen molar-refractivity contribution in [2.45, 2.75) is 77.7 Å². The summed E-state index contributed by atoms with van der Waals surface area (Å²) in [4.78, 5) is 15.5. The Morgan fingerprint density at radius 3 is 2.69 bits per heavy atom. The number of aromatic nitrogens is 2. The van der Waals surface area contributed by atoms with E-state index in [1.807, 2.05) is 10.6 Å². The van der Waals surface area contributed by atoms with Crippen LogP contribution in [0.25, 0.3) is 11.0 Å². The van der Waals surface area contributed by atoms with Crippen molar-refractivity contribution in [2.75, 3.05) is 13.2 Å². The summed E-state index contributed by atoms with van der Waals surface area (Å²) in [7, 11) is 0. The van der Waals surface area contributed by atoms with Gasteiger partial charge < -0.3 is 9.72 Å². The molecule has 1 heterocycles. The van der Waals surface area contributed by atoms with Crippen LogP contribution in [0.2, 0.25) is 0 Å². The van der Waals surface area contributed by atoms with E-state index >= 15 is 0 Å². The molecule has 0 amide bonds. The lowest BCUT2D eigenvalue weighted by atomic mass is 9.69. The van der Waals surface area contributed by atoms with E-state index in [1.54, 1.807) is 6.92 Å².